The number of benzene rings is 2. The molecule has 0 fully saturated rings. The van der Waals surface area contributed by atoms with Gasteiger partial charge in [0, 0.05) is 43.3 Å². The van der Waals surface area contributed by atoms with Gasteiger partial charge in [-0.1, -0.05) is 31.4 Å². The van der Waals surface area contributed by atoms with Crippen molar-refractivity contribution < 1.29 is 14.3 Å². The van der Waals surface area contributed by atoms with Crippen LogP contribution in [-0.4, -0.2) is 43.5 Å². The number of aromatic nitrogens is 1. The minimum absolute atomic E-state index is 0.0677. The summed E-state index contributed by atoms with van der Waals surface area (Å²) in [6.07, 6.45) is 9.47. The molecule has 1 aliphatic rings. The maximum atomic E-state index is 13.5. The van der Waals surface area contributed by atoms with Crippen molar-refractivity contribution in [2.75, 3.05) is 31.6 Å². The van der Waals surface area contributed by atoms with Crippen LogP contribution in [-0.2, 0) is 13.0 Å². The minimum atomic E-state index is -0.123. The Labute approximate surface area is 219 Å². The molecule has 0 spiro atoms. The summed E-state index contributed by atoms with van der Waals surface area (Å²) in [6.45, 7) is 2.66. The maximum Gasteiger partial charge on any atom is 0.259 e. The Hall–Kier alpha value is -3.71. The molecular formula is C30H36N4O3. The molecule has 0 unspecified atom stereocenters. The van der Waals surface area contributed by atoms with Crippen molar-refractivity contribution in [3.63, 3.8) is 0 Å². The van der Waals surface area contributed by atoms with Crippen LogP contribution in [0.15, 0.2) is 67.0 Å². The van der Waals surface area contributed by atoms with Gasteiger partial charge < -0.3 is 20.3 Å². The molecular weight excluding hydrogens is 464 g/mol. The van der Waals surface area contributed by atoms with Crippen molar-refractivity contribution in [3.05, 3.63) is 89.2 Å². The molecule has 0 saturated heterocycles. The summed E-state index contributed by atoms with van der Waals surface area (Å²) in [5.74, 6) is 0.616. The van der Waals surface area contributed by atoms with Crippen LogP contribution in [0.3, 0.4) is 0 Å². The fraction of sp³-hybridized carbons (Fsp3) is 0.367. The number of nitrogens with one attached hydrogen (secondary N) is 2. The van der Waals surface area contributed by atoms with Gasteiger partial charge in [-0.05, 0) is 79.4 Å². The van der Waals surface area contributed by atoms with E-state index in [9.17, 15) is 9.59 Å². The molecule has 1 aliphatic heterocycles. The molecule has 2 amide bonds. The number of amides is 2. The van der Waals surface area contributed by atoms with Gasteiger partial charge in [0.05, 0.1) is 12.7 Å². The number of carbonyl (C=O) groups is 2. The molecule has 37 heavy (non-hydrogen) atoms. The predicted molar refractivity (Wildman–Crippen MR) is 146 cm³/mol. The first kappa shape index (κ1) is 26.4. The van der Waals surface area contributed by atoms with Crippen molar-refractivity contribution in [1.82, 2.24) is 15.6 Å². The number of methoxy groups -OCH3 is 1. The standard InChI is InChI=1S/C30H36N4O3/c1-37-27-11-7-9-23(19-27)14-17-33-29(35)24-12-13-28-26(20-24)22-31-15-5-3-2-4-6-18-34(28)30(36)25-10-8-16-32-21-25/h7-13,16,19-21,31H,2-6,14-15,17-18,22H2,1H3,(H,33,35). The zero-order chi connectivity index (χ0) is 25.9. The maximum absolute atomic E-state index is 13.5. The van der Waals surface area contributed by atoms with Gasteiger partial charge in [0.2, 0.25) is 0 Å². The minimum Gasteiger partial charge on any atom is -0.497 e. The molecule has 2 aromatic carbocycles. The van der Waals surface area contributed by atoms with Crippen LogP contribution in [0.5, 0.6) is 5.75 Å². The van der Waals surface area contributed by atoms with Crippen molar-refractivity contribution in [1.29, 1.82) is 0 Å². The molecule has 0 aliphatic carbocycles. The quantitative estimate of drug-likeness (QED) is 0.510. The third-order valence-electron chi connectivity index (χ3n) is 6.67. The van der Waals surface area contributed by atoms with E-state index < -0.39 is 0 Å². The van der Waals surface area contributed by atoms with Crippen LogP contribution in [0.1, 0.15) is 63.9 Å². The molecule has 4 rings (SSSR count). The molecule has 3 aromatic rings. The summed E-state index contributed by atoms with van der Waals surface area (Å²) >= 11 is 0. The second-order valence-corrected chi connectivity index (χ2v) is 9.34. The largest absolute Gasteiger partial charge is 0.497 e. The number of carbonyl (C=O) groups excluding carboxylic acids is 2. The first-order valence-corrected chi connectivity index (χ1v) is 13.1. The number of pyridine rings is 1. The Morgan fingerprint density at radius 1 is 1.00 bits per heavy atom. The number of fused-ring (bicyclic) bond motifs is 1. The van der Waals surface area contributed by atoms with Crippen LogP contribution in [0.2, 0.25) is 0 Å². The van der Waals surface area contributed by atoms with Crippen LogP contribution < -0.4 is 20.3 Å². The van der Waals surface area contributed by atoms with E-state index >= 15 is 0 Å². The van der Waals surface area contributed by atoms with E-state index in [4.69, 9.17) is 4.74 Å². The number of ether oxygens (including phenoxy) is 1. The summed E-state index contributed by atoms with van der Waals surface area (Å²) in [4.78, 5) is 32.5. The Morgan fingerprint density at radius 2 is 1.86 bits per heavy atom. The lowest BCUT2D eigenvalue weighted by atomic mass is 10.0. The van der Waals surface area contributed by atoms with Gasteiger partial charge in [-0.15, -0.1) is 0 Å². The highest BCUT2D eigenvalue weighted by molar-refractivity contribution is 6.06. The predicted octanol–water partition coefficient (Wildman–Crippen LogP) is 4.76. The fourth-order valence-corrected chi connectivity index (χ4v) is 4.63. The Kier molecular flexibility index (Phi) is 9.66. The molecule has 0 radical (unpaired) electrons. The van der Waals surface area contributed by atoms with Gasteiger partial charge in [-0.2, -0.15) is 0 Å². The third kappa shape index (κ3) is 7.40. The highest BCUT2D eigenvalue weighted by atomic mass is 16.5. The van der Waals surface area contributed by atoms with Crippen LogP contribution in [0, 0.1) is 0 Å². The van der Waals surface area contributed by atoms with E-state index in [1.165, 1.54) is 12.8 Å². The van der Waals surface area contributed by atoms with Gasteiger partial charge in [0.25, 0.3) is 11.8 Å². The fourth-order valence-electron chi connectivity index (χ4n) is 4.63. The van der Waals surface area contributed by atoms with Crippen LogP contribution in [0.25, 0.3) is 0 Å². The van der Waals surface area contributed by atoms with E-state index in [-0.39, 0.29) is 11.8 Å². The number of hydrogen-bond acceptors (Lipinski definition) is 5. The molecule has 0 bridgehead atoms. The summed E-state index contributed by atoms with van der Waals surface area (Å²) in [5, 5.41) is 6.54. The lowest BCUT2D eigenvalue weighted by molar-refractivity contribution is 0.0953. The van der Waals surface area contributed by atoms with E-state index in [1.807, 2.05) is 47.4 Å². The van der Waals surface area contributed by atoms with Gasteiger partial charge in [0.1, 0.15) is 5.75 Å². The van der Waals surface area contributed by atoms with Crippen molar-refractivity contribution >= 4 is 17.5 Å². The second-order valence-electron chi connectivity index (χ2n) is 9.34. The van der Waals surface area contributed by atoms with E-state index in [1.54, 1.807) is 31.6 Å². The average Bonchev–Trinajstić information content (AvgIpc) is 2.93. The highest BCUT2D eigenvalue weighted by Crippen LogP contribution is 2.26. The lowest BCUT2D eigenvalue weighted by Crippen LogP contribution is -2.34. The molecule has 7 nitrogen and oxygen atoms in total. The Balaban J connectivity index is 1.53. The van der Waals surface area contributed by atoms with E-state index in [0.29, 0.717) is 37.2 Å². The van der Waals surface area contributed by atoms with Crippen molar-refractivity contribution in [2.45, 2.75) is 45.1 Å². The number of nitrogens with zero attached hydrogens (tertiary/aromatic N) is 2. The summed E-state index contributed by atoms with van der Waals surface area (Å²) in [7, 11) is 1.65. The highest BCUT2D eigenvalue weighted by Gasteiger charge is 2.22. The van der Waals surface area contributed by atoms with Crippen LogP contribution in [0.4, 0.5) is 5.69 Å². The topological polar surface area (TPSA) is 83.6 Å². The zero-order valence-corrected chi connectivity index (χ0v) is 21.5. The van der Waals surface area contributed by atoms with Gasteiger partial charge in [-0.25, -0.2) is 0 Å². The molecule has 1 aromatic heterocycles. The van der Waals surface area contributed by atoms with Crippen LogP contribution >= 0.6 is 0 Å². The molecule has 0 atom stereocenters. The van der Waals surface area contributed by atoms with Gasteiger partial charge in [0.15, 0.2) is 0 Å². The first-order valence-electron chi connectivity index (χ1n) is 13.1. The second kappa shape index (κ2) is 13.6. The summed E-state index contributed by atoms with van der Waals surface area (Å²) in [5.41, 5.74) is 4.04. The Bertz CT molecular complexity index is 1180. The van der Waals surface area contributed by atoms with E-state index in [2.05, 4.69) is 15.6 Å². The SMILES string of the molecule is COc1cccc(CCNC(=O)c2ccc3c(c2)CNCCCCCCCN3C(=O)c2cccnc2)c1. The molecule has 194 valence electrons. The smallest absolute Gasteiger partial charge is 0.259 e. The van der Waals surface area contributed by atoms with E-state index in [0.717, 1.165) is 48.4 Å². The Morgan fingerprint density at radius 3 is 2.70 bits per heavy atom. The monoisotopic (exact) mass is 500 g/mol. The zero-order valence-electron chi connectivity index (χ0n) is 21.5. The summed E-state index contributed by atoms with van der Waals surface area (Å²) < 4.78 is 5.28. The summed E-state index contributed by atoms with van der Waals surface area (Å²) in [6, 6.07) is 17.1. The number of hydrogen-bond donors (Lipinski definition) is 2. The van der Waals surface area contributed by atoms with Gasteiger partial charge in [-0.3, -0.25) is 14.6 Å². The molecule has 2 heterocycles. The average molecular weight is 501 g/mol. The first-order chi connectivity index (χ1) is 18.2. The van der Waals surface area contributed by atoms with Gasteiger partial charge >= 0.3 is 0 Å². The lowest BCUT2D eigenvalue weighted by Gasteiger charge is -2.26. The number of rotatable bonds is 6. The van der Waals surface area contributed by atoms with Crippen molar-refractivity contribution in [3.8, 4) is 5.75 Å². The van der Waals surface area contributed by atoms with Crippen molar-refractivity contribution in [2.24, 2.45) is 0 Å². The number of anilines is 1. The normalized spacial score (nSPS) is 14.6. The molecule has 2 N–H and O–H groups in total. The third-order valence-corrected chi connectivity index (χ3v) is 6.67. The molecule has 7 heteroatoms. The molecule has 0 saturated carbocycles.